The Labute approximate surface area is 143 Å². The molecule has 23 heavy (non-hydrogen) atoms. The van der Waals surface area contributed by atoms with Gasteiger partial charge in [-0.15, -0.1) is 11.8 Å². The molecule has 0 N–H and O–H groups in total. The summed E-state index contributed by atoms with van der Waals surface area (Å²) < 4.78 is 39.1. The maximum Gasteiger partial charge on any atom is 0.387 e. The largest absolute Gasteiger partial charge is 0.493 e. The molecule has 4 nitrogen and oxygen atoms in total. The molecule has 0 spiro atoms. The van der Waals surface area contributed by atoms with Crippen molar-refractivity contribution in [3.63, 3.8) is 0 Å². The van der Waals surface area contributed by atoms with E-state index < -0.39 is 6.61 Å². The monoisotopic (exact) mass is 368 g/mol. The van der Waals surface area contributed by atoms with E-state index in [-0.39, 0.29) is 39.6 Å². The number of benzene rings is 1. The van der Waals surface area contributed by atoms with E-state index >= 15 is 0 Å². The maximum absolute atomic E-state index is 12.3. The molecular formula is C15H19ClF2O4S. The molecule has 0 aliphatic carbocycles. The van der Waals surface area contributed by atoms with Crippen LogP contribution >= 0.6 is 23.4 Å². The molecule has 0 bridgehead atoms. The Hall–Kier alpha value is -1.21. The predicted octanol–water partition coefficient (Wildman–Crippen LogP) is 4.52. The van der Waals surface area contributed by atoms with Gasteiger partial charge in [0.25, 0.3) is 0 Å². The Morgan fingerprint density at radius 3 is 2.52 bits per heavy atom. The number of esters is 1. The molecule has 0 atom stereocenters. The van der Waals surface area contributed by atoms with Gasteiger partial charge in [-0.25, -0.2) is 0 Å². The number of carbonyl (C=O) groups excluding carboxylic acids is 1. The van der Waals surface area contributed by atoms with Gasteiger partial charge in [0.05, 0.1) is 17.9 Å². The second-order valence-electron chi connectivity index (χ2n) is 5.55. The van der Waals surface area contributed by atoms with E-state index in [2.05, 4.69) is 4.74 Å². The number of thioether (sulfide) groups is 1. The van der Waals surface area contributed by atoms with Crippen LogP contribution in [-0.2, 0) is 16.1 Å². The van der Waals surface area contributed by atoms with Crippen LogP contribution in [0, 0.1) is 0 Å². The molecule has 0 unspecified atom stereocenters. The third kappa shape index (κ3) is 7.26. The minimum absolute atomic E-state index is 0.0332. The van der Waals surface area contributed by atoms with E-state index in [1.54, 1.807) is 0 Å². The number of rotatable bonds is 7. The van der Waals surface area contributed by atoms with Crippen molar-refractivity contribution >= 4 is 29.3 Å². The lowest BCUT2D eigenvalue weighted by molar-refractivity contribution is -0.141. The highest BCUT2D eigenvalue weighted by atomic mass is 35.5. The normalized spacial score (nSPS) is 11.5. The van der Waals surface area contributed by atoms with Gasteiger partial charge in [-0.1, -0.05) is 32.4 Å². The van der Waals surface area contributed by atoms with Crippen molar-refractivity contribution in [2.45, 2.75) is 38.7 Å². The summed E-state index contributed by atoms with van der Waals surface area (Å²) in [6, 6.07) is 2.83. The van der Waals surface area contributed by atoms with Crippen molar-refractivity contribution in [3.8, 4) is 11.5 Å². The maximum atomic E-state index is 12.3. The summed E-state index contributed by atoms with van der Waals surface area (Å²) in [7, 11) is 1.31. The minimum atomic E-state index is -3.01. The average molecular weight is 369 g/mol. The van der Waals surface area contributed by atoms with Crippen molar-refractivity contribution in [3.05, 3.63) is 22.7 Å². The van der Waals surface area contributed by atoms with Gasteiger partial charge in [0.1, 0.15) is 6.61 Å². The van der Waals surface area contributed by atoms with Crippen LogP contribution in [0.3, 0.4) is 0 Å². The lowest BCUT2D eigenvalue weighted by atomic mass is 10.2. The SMILES string of the molecule is COc1cc(COC(=O)CSC(C)(C)C)cc(Cl)c1OC(F)F. The number of hydrogen-bond acceptors (Lipinski definition) is 5. The molecule has 0 aromatic heterocycles. The van der Waals surface area contributed by atoms with Crippen LogP contribution in [0.15, 0.2) is 12.1 Å². The summed E-state index contributed by atoms with van der Waals surface area (Å²) >= 11 is 7.38. The van der Waals surface area contributed by atoms with E-state index in [9.17, 15) is 13.6 Å². The van der Waals surface area contributed by atoms with Crippen LogP contribution in [0.2, 0.25) is 5.02 Å². The zero-order valence-electron chi connectivity index (χ0n) is 13.3. The Morgan fingerprint density at radius 2 is 2.00 bits per heavy atom. The van der Waals surface area contributed by atoms with Crippen LogP contribution < -0.4 is 9.47 Å². The first-order chi connectivity index (χ1) is 10.6. The summed E-state index contributed by atoms with van der Waals surface area (Å²) in [5.74, 6) is -0.343. The fourth-order valence-corrected chi connectivity index (χ4v) is 2.45. The van der Waals surface area contributed by atoms with Crippen LogP contribution in [-0.4, -0.2) is 30.2 Å². The average Bonchev–Trinajstić information content (AvgIpc) is 2.44. The molecule has 1 aromatic carbocycles. The molecule has 1 aromatic rings. The van der Waals surface area contributed by atoms with E-state index in [1.807, 2.05) is 20.8 Å². The van der Waals surface area contributed by atoms with Crippen LogP contribution in [0.5, 0.6) is 11.5 Å². The van der Waals surface area contributed by atoms with E-state index in [0.29, 0.717) is 5.56 Å². The number of methoxy groups -OCH3 is 1. The summed E-state index contributed by atoms with van der Waals surface area (Å²) in [5, 5.41) is -0.0419. The quantitative estimate of drug-likeness (QED) is 0.662. The summed E-state index contributed by atoms with van der Waals surface area (Å²) in [5.41, 5.74) is 0.516. The van der Waals surface area contributed by atoms with E-state index in [4.69, 9.17) is 21.1 Å². The van der Waals surface area contributed by atoms with Gasteiger partial charge >= 0.3 is 12.6 Å². The number of halogens is 3. The zero-order valence-corrected chi connectivity index (χ0v) is 14.9. The van der Waals surface area contributed by atoms with Gasteiger partial charge in [0, 0.05) is 4.75 Å². The standard InChI is InChI=1S/C15H19ClF2O4S/c1-15(2,3)23-8-12(19)21-7-9-5-10(16)13(22-14(17)18)11(6-9)20-4/h5-6,14H,7-8H2,1-4H3. The van der Waals surface area contributed by atoms with Gasteiger partial charge in [-0.05, 0) is 17.7 Å². The highest BCUT2D eigenvalue weighted by Crippen LogP contribution is 2.37. The smallest absolute Gasteiger partial charge is 0.387 e. The first-order valence-corrected chi connectivity index (χ1v) is 8.09. The molecule has 0 amide bonds. The van der Waals surface area contributed by atoms with Gasteiger partial charge < -0.3 is 14.2 Å². The lowest BCUT2D eigenvalue weighted by Gasteiger charge is -2.17. The fraction of sp³-hybridized carbons (Fsp3) is 0.533. The first kappa shape index (κ1) is 19.8. The van der Waals surface area contributed by atoms with Crippen LogP contribution in [0.25, 0.3) is 0 Å². The number of alkyl halides is 2. The van der Waals surface area contributed by atoms with Crippen molar-refractivity contribution in [2.24, 2.45) is 0 Å². The second-order valence-corrected chi connectivity index (χ2v) is 7.76. The Bertz CT molecular complexity index is 547. The molecule has 0 aliphatic heterocycles. The summed E-state index contributed by atoms with van der Waals surface area (Å²) in [6.45, 7) is 2.94. The van der Waals surface area contributed by atoms with Crippen molar-refractivity contribution < 1.29 is 27.8 Å². The zero-order chi connectivity index (χ0) is 17.6. The van der Waals surface area contributed by atoms with Gasteiger partial charge in [0.15, 0.2) is 11.5 Å². The molecule has 1 rings (SSSR count). The third-order valence-corrected chi connectivity index (χ3v) is 4.05. The van der Waals surface area contributed by atoms with Crippen molar-refractivity contribution in [1.29, 1.82) is 0 Å². The fourth-order valence-electron chi connectivity index (χ4n) is 1.54. The number of carbonyl (C=O) groups is 1. The first-order valence-electron chi connectivity index (χ1n) is 6.73. The molecule has 0 heterocycles. The lowest BCUT2D eigenvalue weighted by Crippen LogP contribution is -2.15. The van der Waals surface area contributed by atoms with Crippen LogP contribution in [0.1, 0.15) is 26.3 Å². The number of ether oxygens (including phenoxy) is 3. The molecule has 0 saturated carbocycles. The highest BCUT2D eigenvalue weighted by molar-refractivity contribution is 8.01. The minimum Gasteiger partial charge on any atom is -0.493 e. The molecule has 0 radical (unpaired) electrons. The van der Waals surface area contributed by atoms with Gasteiger partial charge in [-0.2, -0.15) is 8.78 Å². The van der Waals surface area contributed by atoms with Crippen molar-refractivity contribution in [1.82, 2.24) is 0 Å². The Kier molecular flexibility index (Phi) is 7.41. The van der Waals surface area contributed by atoms with E-state index in [1.165, 1.54) is 31.0 Å². The summed E-state index contributed by atoms with van der Waals surface area (Å²) in [4.78, 5) is 11.7. The molecule has 0 aliphatic rings. The van der Waals surface area contributed by atoms with Crippen LogP contribution in [0.4, 0.5) is 8.78 Å². The number of hydrogen-bond donors (Lipinski definition) is 0. The third-order valence-electron chi connectivity index (χ3n) is 2.52. The molecular weight excluding hydrogens is 350 g/mol. The molecule has 0 fully saturated rings. The Balaban J connectivity index is 2.71. The van der Waals surface area contributed by atoms with Gasteiger partial charge in [-0.3, -0.25) is 4.79 Å². The molecule has 8 heteroatoms. The molecule has 0 saturated heterocycles. The van der Waals surface area contributed by atoms with Gasteiger partial charge in [0.2, 0.25) is 0 Å². The predicted molar refractivity (Wildman–Crippen MR) is 86.6 cm³/mol. The second kappa shape index (κ2) is 8.59. The van der Waals surface area contributed by atoms with E-state index in [0.717, 1.165) is 0 Å². The highest BCUT2D eigenvalue weighted by Gasteiger charge is 2.18. The summed E-state index contributed by atoms with van der Waals surface area (Å²) in [6.07, 6.45) is 0. The molecule has 130 valence electrons. The Morgan fingerprint density at radius 1 is 1.35 bits per heavy atom. The van der Waals surface area contributed by atoms with Crippen molar-refractivity contribution in [2.75, 3.05) is 12.9 Å². The topological polar surface area (TPSA) is 44.8 Å².